The molecule has 0 radical (unpaired) electrons. The summed E-state index contributed by atoms with van der Waals surface area (Å²) in [5, 5.41) is 0. The van der Waals surface area contributed by atoms with E-state index in [-0.39, 0.29) is 0 Å². The van der Waals surface area contributed by atoms with Gasteiger partial charge >= 0.3 is 0 Å². The number of thiophene rings is 1. The molecule has 0 spiro atoms. The highest BCUT2D eigenvalue weighted by Gasteiger charge is 2.24. The maximum atomic E-state index is 12.4. The van der Waals surface area contributed by atoms with Crippen molar-refractivity contribution in [2.24, 2.45) is 0 Å². The Balaban J connectivity index is 2.74. The van der Waals surface area contributed by atoms with Gasteiger partial charge in [0.05, 0.1) is 3.79 Å². The zero-order chi connectivity index (χ0) is 13.8. The van der Waals surface area contributed by atoms with Gasteiger partial charge in [0.1, 0.15) is 4.21 Å². The molecule has 0 atom stereocenters. The van der Waals surface area contributed by atoms with E-state index in [2.05, 4.69) is 20.8 Å². The highest BCUT2D eigenvalue weighted by molar-refractivity contribution is 9.11. The van der Waals surface area contributed by atoms with Gasteiger partial charge < -0.3 is 4.90 Å². The molecule has 0 aliphatic rings. The fourth-order valence-corrected chi connectivity index (χ4v) is 5.23. The van der Waals surface area contributed by atoms with Crippen LogP contribution in [0.15, 0.2) is 20.1 Å². The summed E-state index contributed by atoms with van der Waals surface area (Å²) in [4.78, 5) is 2.06. The first kappa shape index (κ1) is 16.1. The van der Waals surface area contributed by atoms with Gasteiger partial charge in [0.2, 0.25) is 0 Å². The predicted octanol–water partition coefficient (Wildman–Crippen LogP) is 2.47. The molecule has 1 rings (SSSR count). The molecule has 0 saturated carbocycles. The Bertz CT molecular complexity index is 471. The SMILES string of the molecule is CCN(CCCN(C)C)S(=O)(=O)c1ccc(Br)s1. The van der Waals surface area contributed by atoms with Crippen molar-refractivity contribution in [2.75, 3.05) is 33.7 Å². The largest absolute Gasteiger partial charge is 0.309 e. The van der Waals surface area contributed by atoms with E-state index in [1.165, 1.54) is 15.6 Å². The standard InChI is InChI=1S/C11H19BrN2O2S2/c1-4-14(9-5-8-13(2)3)18(15,16)11-7-6-10(12)17-11/h6-7H,4-5,8-9H2,1-3H3. The predicted molar refractivity (Wildman–Crippen MR) is 79.6 cm³/mol. The van der Waals surface area contributed by atoms with E-state index in [4.69, 9.17) is 0 Å². The lowest BCUT2D eigenvalue weighted by atomic mass is 10.4. The number of rotatable bonds is 7. The summed E-state index contributed by atoms with van der Waals surface area (Å²) in [5.41, 5.74) is 0. The third-order valence-corrected chi connectivity index (χ3v) is 6.57. The lowest BCUT2D eigenvalue weighted by molar-refractivity contribution is 0.356. The second kappa shape index (κ2) is 7.00. The summed E-state index contributed by atoms with van der Waals surface area (Å²) in [5.74, 6) is 0. The Labute approximate surface area is 122 Å². The van der Waals surface area contributed by atoms with E-state index >= 15 is 0 Å². The normalized spacial score (nSPS) is 12.6. The van der Waals surface area contributed by atoms with Gasteiger partial charge in [-0.15, -0.1) is 11.3 Å². The van der Waals surface area contributed by atoms with Crippen LogP contribution in [0.3, 0.4) is 0 Å². The third kappa shape index (κ3) is 4.31. The second-order valence-corrected chi connectivity index (χ2v) is 8.84. The zero-order valence-electron chi connectivity index (χ0n) is 10.9. The summed E-state index contributed by atoms with van der Waals surface area (Å²) in [6.07, 6.45) is 0.840. The molecule has 4 nitrogen and oxygen atoms in total. The average molecular weight is 355 g/mol. The summed E-state index contributed by atoms with van der Waals surface area (Å²) in [6, 6.07) is 3.42. The molecule has 0 bridgehead atoms. The van der Waals surface area contributed by atoms with Crippen LogP contribution in [0.4, 0.5) is 0 Å². The van der Waals surface area contributed by atoms with Gasteiger partial charge in [-0.3, -0.25) is 0 Å². The van der Waals surface area contributed by atoms with Crippen LogP contribution in [0.1, 0.15) is 13.3 Å². The highest BCUT2D eigenvalue weighted by atomic mass is 79.9. The minimum absolute atomic E-state index is 0.404. The summed E-state index contributed by atoms with van der Waals surface area (Å²) < 4.78 is 27.5. The first-order chi connectivity index (χ1) is 8.37. The van der Waals surface area contributed by atoms with Crippen molar-refractivity contribution in [1.82, 2.24) is 9.21 Å². The van der Waals surface area contributed by atoms with Crippen molar-refractivity contribution in [1.29, 1.82) is 0 Å². The van der Waals surface area contributed by atoms with E-state index in [1.807, 2.05) is 21.0 Å². The summed E-state index contributed by atoms with van der Waals surface area (Å²) >= 11 is 4.55. The molecule has 1 aromatic heterocycles. The molecule has 0 fully saturated rings. The van der Waals surface area contributed by atoms with E-state index in [0.29, 0.717) is 17.3 Å². The molecule has 0 amide bonds. The molecule has 0 aliphatic carbocycles. The lowest BCUT2D eigenvalue weighted by Gasteiger charge is -2.20. The smallest absolute Gasteiger partial charge is 0.252 e. The maximum Gasteiger partial charge on any atom is 0.252 e. The van der Waals surface area contributed by atoms with E-state index < -0.39 is 10.0 Å². The van der Waals surface area contributed by atoms with Crippen molar-refractivity contribution in [3.05, 3.63) is 15.9 Å². The minimum atomic E-state index is -3.32. The lowest BCUT2D eigenvalue weighted by Crippen LogP contribution is -2.32. The Hall–Kier alpha value is 0.0500. The molecule has 7 heteroatoms. The number of halogens is 1. The van der Waals surface area contributed by atoms with Crippen LogP contribution in [-0.4, -0.2) is 51.4 Å². The fraction of sp³-hybridized carbons (Fsp3) is 0.636. The van der Waals surface area contributed by atoms with Crippen LogP contribution in [0.25, 0.3) is 0 Å². The van der Waals surface area contributed by atoms with Gasteiger partial charge in [-0.1, -0.05) is 6.92 Å². The topological polar surface area (TPSA) is 40.6 Å². The van der Waals surface area contributed by atoms with Crippen molar-refractivity contribution in [3.63, 3.8) is 0 Å². The molecular formula is C11H19BrN2O2S2. The van der Waals surface area contributed by atoms with Gasteiger partial charge in [-0.05, 0) is 55.1 Å². The van der Waals surface area contributed by atoms with Crippen LogP contribution in [0.2, 0.25) is 0 Å². The van der Waals surface area contributed by atoms with Crippen molar-refractivity contribution >= 4 is 37.3 Å². The Morgan fingerprint density at radius 3 is 2.39 bits per heavy atom. The fourth-order valence-electron chi connectivity index (χ4n) is 1.58. The molecule has 104 valence electrons. The summed E-state index contributed by atoms with van der Waals surface area (Å²) in [7, 11) is 0.650. The van der Waals surface area contributed by atoms with Crippen LogP contribution >= 0.6 is 27.3 Å². The highest BCUT2D eigenvalue weighted by Crippen LogP contribution is 2.28. The molecule has 1 heterocycles. The molecule has 0 aliphatic heterocycles. The molecule has 0 aromatic carbocycles. The third-order valence-electron chi connectivity index (χ3n) is 2.51. The monoisotopic (exact) mass is 354 g/mol. The van der Waals surface area contributed by atoms with E-state index in [0.717, 1.165) is 16.8 Å². The van der Waals surface area contributed by atoms with Gasteiger partial charge in [-0.2, -0.15) is 4.31 Å². The second-order valence-electron chi connectivity index (χ2n) is 4.21. The molecule has 0 saturated heterocycles. The number of hydrogen-bond acceptors (Lipinski definition) is 4. The van der Waals surface area contributed by atoms with Gasteiger partial charge in [0.15, 0.2) is 0 Å². The van der Waals surface area contributed by atoms with Crippen molar-refractivity contribution in [2.45, 2.75) is 17.6 Å². The molecular weight excluding hydrogens is 336 g/mol. The summed E-state index contributed by atoms with van der Waals surface area (Å²) in [6.45, 7) is 3.83. The van der Waals surface area contributed by atoms with Crippen LogP contribution < -0.4 is 0 Å². The average Bonchev–Trinajstić information content (AvgIpc) is 2.71. The van der Waals surface area contributed by atoms with E-state index in [1.54, 1.807) is 12.1 Å². The quantitative estimate of drug-likeness (QED) is 0.755. The maximum absolute atomic E-state index is 12.4. The van der Waals surface area contributed by atoms with Gasteiger partial charge in [-0.25, -0.2) is 8.42 Å². The Kier molecular flexibility index (Phi) is 6.26. The number of sulfonamides is 1. The van der Waals surface area contributed by atoms with Crippen LogP contribution in [0.5, 0.6) is 0 Å². The van der Waals surface area contributed by atoms with Crippen LogP contribution in [0, 0.1) is 0 Å². The molecule has 0 N–H and O–H groups in total. The van der Waals surface area contributed by atoms with Crippen molar-refractivity contribution in [3.8, 4) is 0 Å². The van der Waals surface area contributed by atoms with Gasteiger partial charge in [0.25, 0.3) is 10.0 Å². The first-order valence-electron chi connectivity index (χ1n) is 5.78. The van der Waals surface area contributed by atoms with Gasteiger partial charge in [0, 0.05) is 13.1 Å². The van der Waals surface area contributed by atoms with Crippen LogP contribution in [-0.2, 0) is 10.0 Å². The number of nitrogens with zero attached hydrogens (tertiary/aromatic N) is 2. The van der Waals surface area contributed by atoms with E-state index in [9.17, 15) is 8.42 Å². The minimum Gasteiger partial charge on any atom is -0.309 e. The molecule has 18 heavy (non-hydrogen) atoms. The molecule has 1 aromatic rings. The Morgan fingerprint density at radius 1 is 1.28 bits per heavy atom. The first-order valence-corrected chi connectivity index (χ1v) is 8.83. The number of hydrogen-bond donors (Lipinski definition) is 0. The van der Waals surface area contributed by atoms with Crippen molar-refractivity contribution < 1.29 is 8.42 Å². The zero-order valence-corrected chi connectivity index (χ0v) is 14.1. The Morgan fingerprint density at radius 2 is 1.94 bits per heavy atom. The molecule has 0 unspecified atom stereocenters.